The van der Waals surface area contributed by atoms with Gasteiger partial charge < -0.3 is 19.7 Å². The lowest BCUT2D eigenvalue weighted by atomic mass is 9.96. The monoisotopic (exact) mass is 550 g/mol. The van der Waals surface area contributed by atoms with Crippen LogP contribution in [0, 0.1) is 5.92 Å². The molecule has 0 atom stereocenters. The topological polar surface area (TPSA) is 68.1 Å². The van der Waals surface area contributed by atoms with E-state index in [0.29, 0.717) is 12.5 Å². The van der Waals surface area contributed by atoms with Gasteiger partial charge in [0.2, 0.25) is 0 Å². The van der Waals surface area contributed by atoms with Crippen LogP contribution in [0.3, 0.4) is 0 Å². The van der Waals surface area contributed by atoms with Gasteiger partial charge >= 0.3 is 0 Å². The lowest BCUT2D eigenvalue weighted by molar-refractivity contribution is -0.117. The zero-order chi connectivity index (χ0) is 23.3. The summed E-state index contributed by atoms with van der Waals surface area (Å²) in [6.45, 7) is 4.55. The summed E-state index contributed by atoms with van der Waals surface area (Å²) in [7, 11) is 1.66. The third-order valence-corrected chi connectivity index (χ3v) is 7.49. The summed E-state index contributed by atoms with van der Waals surface area (Å²) in [5.41, 5.74) is 1.87. The molecule has 194 valence electrons. The molecule has 0 aliphatic carbocycles. The van der Waals surface area contributed by atoms with Crippen molar-refractivity contribution in [3.05, 3.63) is 59.3 Å². The highest BCUT2D eigenvalue weighted by atomic mass is 35.5. The van der Waals surface area contributed by atoms with Gasteiger partial charge in [-0.05, 0) is 68.6 Å². The number of likely N-dealkylation sites (tertiary alicyclic amines) is 1. The van der Waals surface area contributed by atoms with Crippen LogP contribution in [-0.4, -0.2) is 60.1 Å². The number of thioether (sulfide) groups is 1. The quantitative estimate of drug-likeness (QED) is 0.381. The minimum atomic E-state index is 0. The first-order valence-corrected chi connectivity index (χ1v) is 12.7. The van der Waals surface area contributed by atoms with Crippen molar-refractivity contribution in [2.75, 3.05) is 39.9 Å². The fourth-order valence-electron chi connectivity index (χ4n) is 4.55. The van der Waals surface area contributed by atoms with E-state index in [1.165, 1.54) is 11.8 Å². The first-order chi connectivity index (χ1) is 16.7. The highest BCUT2D eigenvalue weighted by molar-refractivity contribution is 8.04. The number of nitrogens with zero attached hydrogens (tertiary/aromatic N) is 3. The maximum atomic E-state index is 12.8. The van der Waals surface area contributed by atoms with Gasteiger partial charge in [-0.1, -0.05) is 30.0 Å². The zero-order valence-corrected chi connectivity index (χ0v) is 22.7. The number of methoxy groups -OCH3 is 1. The Morgan fingerprint density at radius 3 is 2.67 bits per heavy atom. The molecule has 36 heavy (non-hydrogen) atoms. The molecule has 3 aromatic rings. The standard InChI is InChI=1S/C26H30N4O3S.2ClH/c1-32-21-6-2-3-7-22(21)33-15-5-12-29-13-10-19(11-14-29)17-28-26(31)23-16-20-18-27-24-8-4-9-25(34-23)30(20)24;;/h2-4,6-9,16,18-19H,5,10-15,17H2,1H3,(H,28,31);2*1H. The number of imidazole rings is 1. The lowest BCUT2D eigenvalue weighted by Crippen LogP contribution is -2.39. The molecule has 1 aromatic carbocycles. The van der Waals surface area contributed by atoms with Gasteiger partial charge in [-0.25, -0.2) is 4.98 Å². The molecule has 0 saturated carbocycles. The lowest BCUT2D eigenvalue weighted by Gasteiger charge is -2.32. The number of amides is 1. The molecule has 0 bridgehead atoms. The van der Waals surface area contributed by atoms with Crippen LogP contribution >= 0.6 is 36.6 Å². The van der Waals surface area contributed by atoms with E-state index in [1.54, 1.807) is 7.11 Å². The number of benzene rings is 1. The maximum Gasteiger partial charge on any atom is 0.258 e. The summed E-state index contributed by atoms with van der Waals surface area (Å²) in [6, 6.07) is 13.7. The number of carbonyl (C=O) groups is 1. The van der Waals surface area contributed by atoms with Crippen molar-refractivity contribution in [2.45, 2.75) is 24.3 Å². The van der Waals surface area contributed by atoms with Gasteiger partial charge in [-0.3, -0.25) is 9.20 Å². The minimum Gasteiger partial charge on any atom is -0.493 e. The normalized spacial score (nSPS) is 15.4. The number of nitrogens with one attached hydrogen (secondary N) is 1. The Hall–Kier alpha value is -2.39. The molecule has 7 nitrogen and oxygen atoms in total. The summed E-state index contributed by atoms with van der Waals surface area (Å²) < 4.78 is 13.3. The van der Waals surface area contributed by atoms with E-state index >= 15 is 0 Å². The Labute approximate surface area is 228 Å². The fraction of sp³-hybridized carbons (Fsp3) is 0.385. The molecule has 1 saturated heterocycles. The van der Waals surface area contributed by atoms with Gasteiger partial charge in [0, 0.05) is 13.1 Å². The fourth-order valence-corrected chi connectivity index (χ4v) is 5.55. The van der Waals surface area contributed by atoms with Crippen molar-refractivity contribution >= 4 is 54.2 Å². The number of para-hydroxylation sites is 2. The number of aromatic nitrogens is 2. The molecule has 10 heteroatoms. The van der Waals surface area contributed by atoms with E-state index in [9.17, 15) is 4.79 Å². The van der Waals surface area contributed by atoms with E-state index in [2.05, 4.69) is 19.6 Å². The number of hydrogen-bond donors (Lipinski definition) is 1. The average Bonchev–Trinajstić information content (AvgIpc) is 3.30. The summed E-state index contributed by atoms with van der Waals surface area (Å²) in [5, 5.41) is 4.19. The van der Waals surface area contributed by atoms with Crippen LogP contribution in [0.25, 0.3) is 11.7 Å². The second kappa shape index (κ2) is 13.2. The molecule has 1 fully saturated rings. The van der Waals surface area contributed by atoms with Crippen LogP contribution in [0.15, 0.2) is 58.6 Å². The Kier molecular flexibility index (Phi) is 10.4. The highest BCUT2D eigenvalue weighted by Crippen LogP contribution is 2.34. The van der Waals surface area contributed by atoms with Crippen molar-refractivity contribution in [1.82, 2.24) is 19.6 Å². The third-order valence-electron chi connectivity index (χ3n) is 6.44. The SMILES string of the molecule is COc1ccccc1OCCCN1CCC(CNC(=O)C2=Cc3cnc4cccc(n34)S2)CC1.Cl.Cl. The number of halogens is 2. The first kappa shape index (κ1) is 28.2. The summed E-state index contributed by atoms with van der Waals surface area (Å²) in [6.07, 6.45) is 6.94. The van der Waals surface area contributed by atoms with Gasteiger partial charge in [-0.2, -0.15) is 0 Å². The van der Waals surface area contributed by atoms with Crippen molar-refractivity contribution in [1.29, 1.82) is 0 Å². The van der Waals surface area contributed by atoms with Gasteiger partial charge in [0.25, 0.3) is 5.91 Å². The van der Waals surface area contributed by atoms with Gasteiger partial charge in [0.1, 0.15) is 5.65 Å². The molecule has 2 aliphatic heterocycles. The zero-order valence-electron chi connectivity index (χ0n) is 20.2. The number of hydrogen-bond acceptors (Lipinski definition) is 6. The van der Waals surface area contributed by atoms with Crippen molar-refractivity contribution < 1.29 is 14.3 Å². The molecule has 4 heterocycles. The Morgan fingerprint density at radius 2 is 1.89 bits per heavy atom. The van der Waals surface area contributed by atoms with Crippen LogP contribution in [0.4, 0.5) is 0 Å². The summed E-state index contributed by atoms with van der Waals surface area (Å²) in [5.74, 6) is 2.10. The van der Waals surface area contributed by atoms with Crippen LogP contribution in [0.2, 0.25) is 0 Å². The number of ether oxygens (including phenoxy) is 2. The van der Waals surface area contributed by atoms with Crippen LogP contribution in [0.5, 0.6) is 11.5 Å². The molecule has 0 radical (unpaired) electrons. The van der Waals surface area contributed by atoms with Gasteiger partial charge in [0.05, 0.1) is 35.5 Å². The second-order valence-corrected chi connectivity index (χ2v) is 9.76. The van der Waals surface area contributed by atoms with E-state index in [0.717, 1.165) is 78.2 Å². The van der Waals surface area contributed by atoms with E-state index in [4.69, 9.17) is 9.47 Å². The first-order valence-electron chi connectivity index (χ1n) is 11.8. The van der Waals surface area contributed by atoms with E-state index < -0.39 is 0 Å². The number of carbonyl (C=O) groups excluding carboxylic acids is 1. The third kappa shape index (κ3) is 6.48. The number of piperidine rings is 1. The molecule has 5 rings (SSSR count). The number of rotatable bonds is 9. The predicted molar refractivity (Wildman–Crippen MR) is 149 cm³/mol. The highest BCUT2D eigenvalue weighted by Gasteiger charge is 2.23. The molecule has 0 spiro atoms. The Morgan fingerprint density at radius 1 is 1.11 bits per heavy atom. The van der Waals surface area contributed by atoms with Crippen LogP contribution < -0.4 is 14.8 Å². The van der Waals surface area contributed by atoms with Crippen LogP contribution in [0.1, 0.15) is 25.0 Å². The predicted octanol–water partition coefficient (Wildman–Crippen LogP) is 4.93. The molecule has 1 amide bonds. The summed E-state index contributed by atoms with van der Waals surface area (Å²) >= 11 is 1.51. The van der Waals surface area contributed by atoms with E-state index in [-0.39, 0.29) is 30.7 Å². The van der Waals surface area contributed by atoms with Crippen molar-refractivity contribution in [3.63, 3.8) is 0 Å². The van der Waals surface area contributed by atoms with Crippen molar-refractivity contribution in [3.8, 4) is 11.5 Å². The largest absolute Gasteiger partial charge is 0.493 e. The second-order valence-electron chi connectivity index (χ2n) is 8.70. The Balaban J connectivity index is 0.00000180. The summed E-state index contributed by atoms with van der Waals surface area (Å²) in [4.78, 5) is 20.5. The minimum absolute atomic E-state index is 0. The molecule has 0 unspecified atom stereocenters. The molecule has 1 N–H and O–H groups in total. The Bertz CT molecular complexity index is 1190. The average molecular weight is 552 g/mol. The smallest absolute Gasteiger partial charge is 0.258 e. The van der Waals surface area contributed by atoms with Gasteiger partial charge in [-0.15, -0.1) is 24.8 Å². The van der Waals surface area contributed by atoms with Gasteiger partial charge in [0.15, 0.2) is 11.5 Å². The number of pyridine rings is 1. The molecular weight excluding hydrogens is 519 g/mol. The molecule has 2 aromatic heterocycles. The maximum absolute atomic E-state index is 12.8. The van der Waals surface area contributed by atoms with E-state index in [1.807, 2.05) is 54.7 Å². The molecular formula is C26H32Cl2N4O3S. The van der Waals surface area contributed by atoms with Crippen molar-refractivity contribution in [2.24, 2.45) is 5.92 Å². The van der Waals surface area contributed by atoms with Crippen LogP contribution in [-0.2, 0) is 4.79 Å². The molecule has 2 aliphatic rings.